The van der Waals surface area contributed by atoms with Crippen molar-refractivity contribution >= 4 is 17.9 Å². The highest BCUT2D eigenvalue weighted by Crippen LogP contribution is 2.15. The lowest BCUT2D eigenvalue weighted by Gasteiger charge is -2.18. The number of esters is 3. The Balaban J connectivity index is 4.30. The van der Waals surface area contributed by atoms with E-state index in [0.29, 0.717) is 19.3 Å². The molecule has 0 aliphatic heterocycles. The van der Waals surface area contributed by atoms with Crippen LogP contribution in [0.15, 0.2) is 0 Å². The van der Waals surface area contributed by atoms with Crippen LogP contribution in [0.4, 0.5) is 0 Å². The van der Waals surface area contributed by atoms with Crippen LogP contribution in [0.2, 0.25) is 0 Å². The second-order valence-corrected chi connectivity index (χ2v) is 14.7. The third kappa shape index (κ3) is 35.7. The summed E-state index contributed by atoms with van der Waals surface area (Å²) in [5.74, 6) is -0.0514. The normalized spacial score (nSPS) is 11.9. The minimum absolute atomic E-state index is 0.0650. The second kappa shape index (κ2) is 36.7. The summed E-state index contributed by atoms with van der Waals surface area (Å²) in [7, 11) is 0. The van der Waals surface area contributed by atoms with E-state index in [1.165, 1.54) is 122 Å². The monoisotopic (exact) mass is 681 g/mol. The third-order valence-electron chi connectivity index (χ3n) is 9.29. The first-order valence-corrected chi connectivity index (χ1v) is 20.9. The summed E-state index contributed by atoms with van der Waals surface area (Å²) in [6.45, 7) is 8.91. The lowest BCUT2D eigenvalue weighted by atomic mass is 10.0. The molecule has 0 bridgehead atoms. The number of ether oxygens (including phenoxy) is 3. The molecule has 0 saturated carbocycles. The third-order valence-corrected chi connectivity index (χ3v) is 9.29. The Morgan fingerprint density at radius 2 is 0.688 bits per heavy atom. The number of rotatable bonds is 37. The van der Waals surface area contributed by atoms with Crippen molar-refractivity contribution in [3.05, 3.63) is 0 Å². The highest BCUT2D eigenvalue weighted by molar-refractivity contribution is 5.71. The van der Waals surface area contributed by atoms with Crippen LogP contribution in [-0.4, -0.2) is 37.2 Å². The van der Waals surface area contributed by atoms with Gasteiger partial charge in [0.05, 0.1) is 0 Å². The quantitative estimate of drug-likeness (QED) is 0.0369. The molecule has 6 heteroatoms. The number of carbonyl (C=O) groups is 3. The van der Waals surface area contributed by atoms with Crippen LogP contribution in [0.5, 0.6) is 0 Å². The fourth-order valence-corrected chi connectivity index (χ4v) is 6.10. The number of hydrogen-bond acceptors (Lipinski definition) is 6. The van der Waals surface area contributed by atoms with Crippen molar-refractivity contribution < 1.29 is 28.6 Å². The molecule has 0 aliphatic rings. The Kier molecular flexibility index (Phi) is 35.5. The van der Waals surface area contributed by atoms with Crippen molar-refractivity contribution in [2.45, 2.75) is 233 Å². The van der Waals surface area contributed by atoms with Gasteiger partial charge in [-0.25, -0.2) is 0 Å². The van der Waals surface area contributed by atoms with Gasteiger partial charge in [-0.3, -0.25) is 14.4 Å². The predicted octanol–water partition coefficient (Wildman–Crippen LogP) is 12.8. The Bertz CT molecular complexity index is 721. The van der Waals surface area contributed by atoms with E-state index in [4.69, 9.17) is 14.2 Å². The van der Waals surface area contributed by atoms with Crippen LogP contribution < -0.4 is 0 Å². The molecule has 0 aromatic heterocycles. The fourth-order valence-electron chi connectivity index (χ4n) is 6.10. The zero-order valence-corrected chi connectivity index (χ0v) is 32.4. The average Bonchev–Trinajstić information content (AvgIpc) is 3.06. The van der Waals surface area contributed by atoms with Crippen LogP contribution in [0.1, 0.15) is 227 Å². The largest absolute Gasteiger partial charge is 0.462 e. The maximum Gasteiger partial charge on any atom is 0.306 e. The molecular formula is C42H80O6. The van der Waals surface area contributed by atoms with E-state index >= 15 is 0 Å². The molecule has 0 spiro atoms. The van der Waals surface area contributed by atoms with Crippen molar-refractivity contribution in [2.75, 3.05) is 13.2 Å². The molecule has 0 radical (unpaired) electrons. The van der Waals surface area contributed by atoms with Gasteiger partial charge in [-0.05, 0) is 25.2 Å². The lowest BCUT2D eigenvalue weighted by molar-refractivity contribution is -0.167. The average molecular weight is 681 g/mol. The SMILES string of the molecule is CCCCCCCCCCCCC(=O)OC[C@H](COC(=O)CCCCCCCCC)OC(=O)CCCCCCCCCCCCC(C)C. The van der Waals surface area contributed by atoms with Crippen LogP contribution in [-0.2, 0) is 28.6 Å². The summed E-state index contributed by atoms with van der Waals surface area (Å²) in [5.41, 5.74) is 0. The maximum absolute atomic E-state index is 12.6. The van der Waals surface area contributed by atoms with E-state index in [1.54, 1.807) is 0 Å². The first-order valence-electron chi connectivity index (χ1n) is 20.9. The molecule has 0 aromatic carbocycles. The van der Waals surface area contributed by atoms with Crippen molar-refractivity contribution in [3.63, 3.8) is 0 Å². The second-order valence-electron chi connectivity index (χ2n) is 14.7. The van der Waals surface area contributed by atoms with Gasteiger partial charge in [0, 0.05) is 19.3 Å². The molecule has 0 heterocycles. The number of hydrogen-bond donors (Lipinski definition) is 0. The molecule has 0 aromatic rings. The van der Waals surface area contributed by atoms with Crippen LogP contribution >= 0.6 is 0 Å². The summed E-state index contributed by atoms with van der Waals surface area (Å²) in [5, 5.41) is 0. The number of carbonyl (C=O) groups excluding carboxylic acids is 3. The van der Waals surface area contributed by atoms with Gasteiger partial charge in [-0.1, -0.05) is 188 Å². The summed E-state index contributed by atoms with van der Waals surface area (Å²) in [6, 6.07) is 0. The predicted molar refractivity (Wildman–Crippen MR) is 201 cm³/mol. The maximum atomic E-state index is 12.6. The van der Waals surface area contributed by atoms with Crippen molar-refractivity contribution in [2.24, 2.45) is 5.92 Å². The molecule has 1 atom stereocenters. The van der Waals surface area contributed by atoms with Gasteiger partial charge >= 0.3 is 17.9 Å². The summed E-state index contributed by atoms with van der Waals surface area (Å²) in [4.78, 5) is 37.4. The van der Waals surface area contributed by atoms with Gasteiger partial charge in [0.1, 0.15) is 13.2 Å². The van der Waals surface area contributed by atoms with E-state index in [9.17, 15) is 14.4 Å². The highest BCUT2D eigenvalue weighted by atomic mass is 16.6. The Morgan fingerprint density at radius 1 is 0.396 bits per heavy atom. The van der Waals surface area contributed by atoms with Gasteiger partial charge in [-0.15, -0.1) is 0 Å². The summed E-state index contributed by atoms with van der Waals surface area (Å²) >= 11 is 0. The molecule has 48 heavy (non-hydrogen) atoms. The Labute approximate surface area is 298 Å². The molecule has 0 aliphatic carbocycles. The van der Waals surface area contributed by atoms with Gasteiger partial charge in [0.15, 0.2) is 6.10 Å². The first-order chi connectivity index (χ1) is 23.4. The van der Waals surface area contributed by atoms with E-state index < -0.39 is 6.10 Å². The molecule has 0 saturated heterocycles. The molecule has 0 rings (SSSR count). The lowest BCUT2D eigenvalue weighted by Crippen LogP contribution is -2.30. The van der Waals surface area contributed by atoms with Crippen LogP contribution in [0, 0.1) is 5.92 Å². The van der Waals surface area contributed by atoms with Gasteiger partial charge in [0.25, 0.3) is 0 Å². The van der Waals surface area contributed by atoms with Crippen molar-refractivity contribution in [1.29, 1.82) is 0 Å². The summed E-state index contributed by atoms with van der Waals surface area (Å²) in [6.07, 6.45) is 33.8. The van der Waals surface area contributed by atoms with Gasteiger partial charge < -0.3 is 14.2 Å². The van der Waals surface area contributed by atoms with Gasteiger partial charge in [-0.2, -0.15) is 0 Å². The van der Waals surface area contributed by atoms with Crippen molar-refractivity contribution in [1.82, 2.24) is 0 Å². The molecule has 0 N–H and O–H groups in total. The van der Waals surface area contributed by atoms with E-state index in [2.05, 4.69) is 27.7 Å². The molecule has 6 nitrogen and oxygen atoms in total. The minimum Gasteiger partial charge on any atom is -0.462 e. The molecule has 0 amide bonds. The first kappa shape index (κ1) is 46.4. The van der Waals surface area contributed by atoms with Gasteiger partial charge in [0.2, 0.25) is 0 Å². The van der Waals surface area contributed by atoms with E-state index in [0.717, 1.165) is 63.7 Å². The molecule has 284 valence electrons. The fraction of sp³-hybridized carbons (Fsp3) is 0.929. The molecular weight excluding hydrogens is 600 g/mol. The Hall–Kier alpha value is -1.59. The molecule has 0 unspecified atom stereocenters. The standard InChI is InChI=1S/C42H80O6/c1-5-7-9-11-13-14-18-22-26-30-34-41(44)47-37-39(36-46-40(43)33-29-25-20-12-10-8-6-2)48-42(45)35-31-27-23-19-16-15-17-21-24-28-32-38(3)4/h38-39H,5-37H2,1-4H3/t39-/m0/s1. The zero-order valence-electron chi connectivity index (χ0n) is 32.4. The smallest absolute Gasteiger partial charge is 0.306 e. The van der Waals surface area contributed by atoms with E-state index in [1.807, 2.05) is 0 Å². The molecule has 0 fully saturated rings. The number of unbranched alkanes of at least 4 members (excludes halogenated alkanes) is 24. The minimum atomic E-state index is -0.757. The van der Waals surface area contributed by atoms with Crippen LogP contribution in [0.3, 0.4) is 0 Å². The summed E-state index contributed by atoms with van der Waals surface area (Å²) < 4.78 is 16.6. The van der Waals surface area contributed by atoms with E-state index in [-0.39, 0.29) is 31.1 Å². The topological polar surface area (TPSA) is 78.9 Å². The zero-order chi connectivity index (χ0) is 35.3. The highest BCUT2D eigenvalue weighted by Gasteiger charge is 2.19. The van der Waals surface area contributed by atoms with Crippen LogP contribution in [0.25, 0.3) is 0 Å². The van der Waals surface area contributed by atoms with Crippen molar-refractivity contribution in [3.8, 4) is 0 Å². The Morgan fingerprint density at radius 3 is 1.02 bits per heavy atom.